The van der Waals surface area contributed by atoms with Gasteiger partial charge in [-0.3, -0.25) is 9.69 Å². The Kier molecular flexibility index (Phi) is 7.64. The van der Waals surface area contributed by atoms with Crippen molar-refractivity contribution in [3.63, 3.8) is 0 Å². The second-order valence-corrected chi connectivity index (χ2v) is 7.90. The molecule has 0 N–H and O–H groups in total. The summed E-state index contributed by atoms with van der Waals surface area (Å²) >= 11 is 12.2. The minimum atomic E-state index is -0.626. The molecule has 1 heterocycles. The van der Waals surface area contributed by atoms with E-state index in [4.69, 9.17) is 32.7 Å². The van der Waals surface area contributed by atoms with Crippen LogP contribution in [0.5, 0.6) is 11.5 Å². The van der Waals surface area contributed by atoms with Crippen LogP contribution in [0.3, 0.4) is 0 Å². The lowest BCUT2D eigenvalue weighted by Gasteiger charge is -2.25. The Morgan fingerprint density at radius 2 is 1.83 bits per heavy atom. The molecule has 2 aromatic rings. The molecule has 7 heteroatoms. The van der Waals surface area contributed by atoms with Gasteiger partial charge in [0, 0.05) is 32.7 Å². The number of hydrogen-bond acceptors (Lipinski definition) is 4. The highest BCUT2D eigenvalue weighted by Crippen LogP contribution is 2.32. The molecule has 0 radical (unpaired) electrons. The van der Waals surface area contributed by atoms with Gasteiger partial charge in [0.2, 0.25) is 0 Å². The Morgan fingerprint density at radius 1 is 1.07 bits per heavy atom. The van der Waals surface area contributed by atoms with Gasteiger partial charge in [-0.25, -0.2) is 0 Å². The van der Waals surface area contributed by atoms with Crippen molar-refractivity contribution in [2.45, 2.75) is 26.0 Å². The average molecular weight is 437 g/mol. The van der Waals surface area contributed by atoms with E-state index in [0.29, 0.717) is 22.3 Å². The molecule has 5 nitrogen and oxygen atoms in total. The molecule has 0 bridgehead atoms. The standard InChI is InChI=1S/C22H26Cl2N2O3/c1-16(29-20-6-3-5-19(23)21(20)24)22(27)26-12-4-11-25(13-14-26)15-17-7-9-18(28-2)10-8-17/h3,5-10,16H,4,11-15H2,1-2H3. The van der Waals surface area contributed by atoms with Crippen LogP contribution in [0.4, 0.5) is 0 Å². The third kappa shape index (κ3) is 5.78. The summed E-state index contributed by atoms with van der Waals surface area (Å²) in [6.45, 7) is 5.77. The summed E-state index contributed by atoms with van der Waals surface area (Å²) < 4.78 is 11.0. The molecule has 1 fully saturated rings. The average Bonchev–Trinajstić information content (AvgIpc) is 2.97. The van der Waals surface area contributed by atoms with Gasteiger partial charge < -0.3 is 14.4 Å². The monoisotopic (exact) mass is 436 g/mol. The van der Waals surface area contributed by atoms with Gasteiger partial charge in [0.25, 0.3) is 5.91 Å². The van der Waals surface area contributed by atoms with E-state index in [1.165, 1.54) is 5.56 Å². The lowest BCUT2D eigenvalue weighted by Crippen LogP contribution is -2.42. The molecular weight excluding hydrogens is 411 g/mol. The van der Waals surface area contributed by atoms with E-state index in [2.05, 4.69) is 17.0 Å². The Morgan fingerprint density at radius 3 is 2.55 bits per heavy atom. The molecule has 0 saturated carbocycles. The normalized spacial score (nSPS) is 16.2. The second kappa shape index (κ2) is 10.2. The first-order valence-electron chi connectivity index (χ1n) is 9.72. The van der Waals surface area contributed by atoms with Crippen molar-refractivity contribution in [2.75, 3.05) is 33.3 Å². The predicted molar refractivity (Wildman–Crippen MR) is 116 cm³/mol. The highest BCUT2D eigenvalue weighted by Gasteiger charge is 2.25. The summed E-state index contributed by atoms with van der Waals surface area (Å²) in [4.78, 5) is 17.1. The SMILES string of the molecule is COc1ccc(CN2CCCN(C(=O)C(C)Oc3cccc(Cl)c3Cl)CC2)cc1. The minimum absolute atomic E-state index is 0.0349. The number of amides is 1. The smallest absolute Gasteiger partial charge is 0.263 e. The van der Waals surface area contributed by atoms with Gasteiger partial charge >= 0.3 is 0 Å². The van der Waals surface area contributed by atoms with Crippen molar-refractivity contribution in [3.05, 3.63) is 58.1 Å². The van der Waals surface area contributed by atoms with Gasteiger partial charge in [-0.2, -0.15) is 0 Å². The van der Waals surface area contributed by atoms with Gasteiger partial charge in [-0.1, -0.05) is 41.4 Å². The summed E-state index contributed by atoms with van der Waals surface area (Å²) in [5.41, 5.74) is 1.23. The zero-order valence-corrected chi connectivity index (χ0v) is 18.2. The van der Waals surface area contributed by atoms with Crippen molar-refractivity contribution in [3.8, 4) is 11.5 Å². The van der Waals surface area contributed by atoms with Crippen LogP contribution in [0.1, 0.15) is 18.9 Å². The van der Waals surface area contributed by atoms with E-state index in [0.717, 1.165) is 38.3 Å². The quantitative estimate of drug-likeness (QED) is 0.667. The minimum Gasteiger partial charge on any atom is -0.497 e. The third-order valence-electron chi connectivity index (χ3n) is 5.03. The molecule has 0 spiro atoms. The maximum Gasteiger partial charge on any atom is 0.263 e. The zero-order valence-electron chi connectivity index (χ0n) is 16.7. The van der Waals surface area contributed by atoms with Gasteiger partial charge in [-0.15, -0.1) is 0 Å². The van der Waals surface area contributed by atoms with Gasteiger partial charge in [0.1, 0.15) is 16.5 Å². The number of carbonyl (C=O) groups excluding carboxylic acids is 1. The molecule has 1 amide bonds. The van der Waals surface area contributed by atoms with Crippen LogP contribution in [0.15, 0.2) is 42.5 Å². The van der Waals surface area contributed by atoms with Crippen molar-refractivity contribution in [1.29, 1.82) is 0 Å². The number of benzene rings is 2. The molecule has 3 rings (SSSR count). The van der Waals surface area contributed by atoms with Crippen molar-refractivity contribution < 1.29 is 14.3 Å². The van der Waals surface area contributed by atoms with Crippen molar-refractivity contribution in [1.82, 2.24) is 9.80 Å². The lowest BCUT2D eigenvalue weighted by atomic mass is 10.2. The van der Waals surface area contributed by atoms with Gasteiger partial charge in [0.05, 0.1) is 12.1 Å². The summed E-state index contributed by atoms with van der Waals surface area (Å²) in [5, 5.41) is 0.739. The van der Waals surface area contributed by atoms with Crippen LogP contribution >= 0.6 is 23.2 Å². The number of ether oxygens (including phenoxy) is 2. The first-order valence-corrected chi connectivity index (χ1v) is 10.5. The number of halogens is 2. The van der Waals surface area contributed by atoms with E-state index >= 15 is 0 Å². The van der Waals surface area contributed by atoms with Gasteiger partial charge in [-0.05, 0) is 43.2 Å². The molecule has 1 aliphatic rings. The Labute approximate surface area is 182 Å². The molecule has 1 aliphatic heterocycles. The van der Waals surface area contributed by atoms with E-state index in [-0.39, 0.29) is 5.91 Å². The third-order valence-corrected chi connectivity index (χ3v) is 5.83. The molecule has 29 heavy (non-hydrogen) atoms. The van der Waals surface area contributed by atoms with E-state index in [1.807, 2.05) is 17.0 Å². The summed E-state index contributed by atoms with van der Waals surface area (Å²) in [5.74, 6) is 1.25. The van der Waals surface area contributed by atoms with Crippen LogP contribution in [-0.4, -0.2) is 55.1 Å². The lowest BCUT2D eigenvalue weighted by molar-refractivity contribution is -0.137. The van der Waals surface area contributed by atoms with Crippen LogP contribution in [0.2, 0.25) is 10.0 Å². The molecule has 0 aliphatic carbocycles. The molecule has 1 unspecified atom stereocenters. The van der Waals surface area contributed by atoms with Crippen molar-refractivity contribution in [2.24, 2.45) is 0 Å². The molecule has 156 valence electrons. The van der Waals surface area contributed by atoms with Gasteiger partial charge in [0.15, 0.2) is 6.10 Å². The van der Waals surface area contributed by atoms with Crippen LogP contribution in [-0.2, 0) is 11.3 Å². The summed E-state index contributed by atoms with van der Waals surface area (Å²) in [6, 6.07) is 13.3. The number of hydrogen-bond donors (Lipinski definition) is 0. The topological polar surface area (TPSA) is 42.0 Å². The number of nitrogens with zero attached hydrogens (tertiary/aromatic N) is 2. The molecule has 0 aromatic heterocycles. The van der Waals surface area contributed by atoms with Crippen LogP contribution in [0, 0.1) is 0 Å². The Hall–Kier alpha value is -1.95. The number of methoxy groups -OCH3 is 1. The maximum atomic E-state index is 12.9. The van der Waals surface area contributed by atoms with E-state index in [9.17, 15) is 4.79 Å². The molecule has 1 atom stereocenters. The molecule has 2 aromatic carbocycles. The fourth-order valence-electron chi connectivity index (χ4n) is 3.41. The fourth-order valence-corrected chi connectivity index (χ4v) is 3.75. The summed E-state index contributed by atoms with van der Waals surface area (Å²) in [7, 11) is 1.67. The summed E-state index contributed by atoms with van der Waals surface area (Å²) in [6.07, 6.45) is 0.297. The van der Waals surface area contributed by atoms with Crippen LogP contribution < -0.4 is 9.47 Å². The first kappa shape index (κ1) is 21.8. The fraction of sp³-hybridized carbons (Fsp3) is 0.409. The van der Waals surface area contributed by atoms with Crippen LogP contribution in [0.25, 0.3) is 0 Å². The molecule has 1 saturated heterocycles. The van der Waals surface area contributed by atoms with E-state index in [1.54, 1.807) is 32.2 Å². The van der Waals surface area contributed by atoms with E-state index < -0.39 is 6.10 Å². The second-order valence-electron chi connectivity index (χ2n) is 7.12. The maximum absolute atomic E-state index is 12.9. The number of rotatable bonds is 6. The number of carbonyl (C=O) groups is 1. The zero-order chi connectivity index (χ0) is 20.8. The Balaban J connectivity index is 1.55. The Bertz CT molecular complexity index is 829. The highest BCUT2D eigenvalue weighted by molar-refractivity contribution is 6.42. The molecular formula is C22H26Cl2N2O3. The van der Waals surface area contributed by atoms with Crippen molar-refractivity contribution >= 4 is 29.1 Å². The largest absolute Gasteiger partial charge is 0.497 e. The first-order chi connectivity index (χ1) is 14.0. The predicted octanol–water partition coefficient (Wildman–Crippen LogP) is 4.50. The highest BCUT2D eigenvalue weighted by atomic mass is 35.5.